The van der Waals surface area contributed by atoms with Crippen molar-refractivity contribution in [2.24, 2.45) is 0 Å². The lowest BCUT2D eigenvalue weighted by atomic mass is 10.2. The van der Waals surface area contributed by atoms with Crippen LogP contribution in [0.15, 0.2) is 47.4 Å². The van der Waals surface area contributed by atoms with Crippen molar-refractivity contribution in [3.05, 3.63) is 53.6 Å². The van der Waals surface area contributed by atoms with Crippen LogP contribution in [0.3, 0.4) is 0 Å². The number of rotatable bonds is 7. The lowest BCUT2D eigenvalue weighted by Gasteiger charge is -2.26. The molecule has 0 aliphatic carbocycles. The SMILES string of the molecule is Cc1ccc(NC(=O)COC(=O)/C=C/c2ccc3c(c2)OCO3)cc1S(=O)(=O)N1CCCCC1. The summed E-state index contributed by atoms with van der Waals surface area (Å²) in [5.41, 5.74) is 1.63. The van der Waals surface area contributed by atoms with Gasteiger partial charge in [-0.25, -0.2) is 13.2 Å². The molecular formula is C24H26N2O7S. The van der Waals surface area contributed by atoms with Crippen LogP contribution in [0.25, 0.3) is 6.08 Å². The number of aryl methyl sites for hydroxylation is 1. The molecule has 1 amide bonds. The van der Waals surface area contributed by atoms with Crippen LogP contribution in [0.2, 0.25) is 0 Å². The summed E-state index contributed by atoms with van der Waals surface area (Å²) < 4.78 is 43.1. The minimum absolute atomic E-state index is 0.159. The van der Waals surface area contributed by atoms with Crippen LogP contribution in [-0.4, -0.2) is 51.1 Å². The Labute approximate surface area is 198 Å². The lowest BCUT2D eigenvalue weighted by molar-refractivity contribution is -0.142. The minimum Gasteiger partial charge on any atom is -0.454 e. The number of amides is 1. The molecule has 0 atom stereocenters. The molecule has 0 bridgehead atoms. The first-order valence-corrected chi connectivity index (χ1v) is 12.4. The van der Waals surface area contributed by atoms with E-state index >= 15 is 0 Å². The Bertz CT molecular complexity index is 1220. The number of benzene rings is 2. The van der Waals surface area contributed by atoms with Crippen molar-refractivity contribution in [3.63, 3.8) is 0 Å². The first kappa shape index (κ1) is 23.8. The van der Waals surface area contributed by atoms with Gasteiger partial charge in [0.15, 0.2) is 18.1 Å². The zero-order valence-electron chi connectivity index (χ0n) is 18.8. The van der Waals surface area contributed by atoms with Gasteiger partial charge in [0, 0.05) is 24.9 Å². The number of nitrogens with zero attached hydrogens (tertiary/aromatic N) is 1. The van der Waals surface area contributed by atoms with E-state index in [-0.39, 0.29) is 11.7 Å². The molecule has 1 N–H and O–H groups in total. The molecule has 0 unspecified atom stereocenters. The Balaban J connectivity index is 1.33. The van der Waals surface area contributed by atoms with Crippen LogP contribution < -0.4 is 14.8 Å². The highest BCUT2D eigenvalue weighted by Crippen LogP contribution is 2.32. The number of hydrogen-bond donors (Lipinski definition) is 1. The second-order valence-corrected chi connectivity index (χ2v) is 9.95. The van der Waals surface area contributed by atoms with Gasteiger partial charge in [0.2, 0.25) is 16.8 Å². The number of esters is 1. The zero-order valence-corrected chi connectivity index (χ0v) is 19.6. The molecule has 34 heavy (non-hydrogen) atoms. The molecule has 0 saturated carbocycles. The average Bonchev–Trinajstić information content (AvgIpc) is 3.31. The van der Waals surface area contributed by atoms with Crippen LogP contribution in [0.1, 0.15) is 30.4 Å². The fourth-order valence-corrected chi connectivity index (χ4v) is 5.53. The number of piperidine rings is 1. The number of carbonyl (C=O) groups is 2. The summed E-state index contributed by atoms with van der Waals surface area (Å²) in [6.45, 7) is 2.36. The number of sulfonamides is 1. The number of anilines is 1. The van der Waals surface area contributed by atoms with E-state index in [1.165, 1.54) is 16.4 Å². The Kier molecular flexibility index (Phi) is 7.18. The topological polar surface area (TPSA) is 111 Å². The van der Waals surface area contributed by atoms with E-state index in [4.69, 9.17) is 14.2 Å². The van der Waals surface area contributed by atoms with E-state index in [1.807, 2.05) is 0 Å². The van der Waals surface area contributed by atoms with E-state index in [2.05, 4.69) is 5.32 Å². The standard InChI is InChI=1S/C24H26N2O7S/c1-17-5-8-19(14-22(17)34(29,30)26-11-3-2-4-12-26)25-23(27)15-31-24(28)10-7-18-6-9-20-21(13-18)33-16-32-20/h5-10,13-14H,2-4,11-12,15-16H2,1H3,(H,25,27)/b10-7+. The third-order valence-corrected chi connectivity index (χ3v) is 7.60. The molecule has 2 aromatic carbocycles. The number of carbonyl (C=O) groups excluding carboxylic acids is 2. The van der Waals surface area contributed by atoms with Crippen molar-refractivity contribution in [1.29, 1.82) is 0 Å². The molecule has 2 aromatic rings. The van der Waals surface area contributed by atoms with Crippen LogP contribution in [0.4, 0.5) is 5.69 Å². The lowest BCUT2D eigenvalue weighted by Crippen LogP contribution is -2.36. The Morgan fingerprint density at radius 2 is 1.82 bits per heavy atom. The van der Waals surface area contributed by atoms with Crippen LogP contribution >= 0.6 is 0 Å². The molecule has 4 rings (SSSR count). The smallest absolute Gasteiger partial charge is 0.331 e. The van der Waals surface area contributed by atoms with Crippen molar-refractivity contribution in [2.75, 3.05) is 31.8 Å². The van der Waals surface area contributed by atoms with E-state index in [0.29, 0.717) is 41.4 Å². The van der Waals surface area contributed by atoms with Gasteiger partial charge in [-0.05, 0) is 61.2 Å². The quantitative estimate of drug-likeness (QED) is 0.473. The summed E-state index contributed by atoms with van der Waals surface area (Å²) in [6.07, 6.45) is 5.44. The molecule has 2 heterocycles. The number of hydrogen-bond acceptors (Lipinski definition) is 7. The maximum Gasteiger partial charge on any atom is 0.331 e. The van der Waals surface area contributed by atoms with Gasteiger partial charge >= 0.3 is 5.97 Å². The van der Waals surface area contributed by atoms with Gasteiger partial charge in [-0.2, -0.15) is 4.31 Å². The summed E-state index contributed by atoms with van der Waals surface area (Å²) in [5.74, 6) is -0.0332. The second-order valence-electron chi connectivity index (χ2n) is 8.05. The van der Waals surface area contributed by atoms with Gasteiger partial charge in [-0.3, -0.25) is 4.79 Å². The molecule has 2 aliphatic rings. The third kappa shape index (κ3) is 5.57. The Morgan fingerprint density at radius 1 is 1.06 bits per heavy atom. The van der Waals surface area contributed by atoms with Crippen LogP contribution in [0.5, 0.6) is 11.5 Å². The van der Waals surface area contributed by atoms with Gasteiger partial charge in [0.1, 0.15) is 0 Å². The van der Waals surface area contributed by atoms with E-state index in [1.54, 1.807) is 43.3 Å². The molecule has 0 spiro atoms. The number of nitrogens with one attached hydrogen (secondary N) is 1. The Morgan fingerprint density at radius 3 is 2.62 bits per heavy atom. The highest BCUT2D eigenvalue weighted by molar-refractivity contribution is 7.89. The monoisotopic (exact) mass is 486 g/mol. The van der Waals surface area contributed by atoms with Crippen LogP contribution in [0, 0.1) is 6.92 Å². The highest BCUT2D eigenvalue weighted by Gasteiger charge is 2.27. The second kappa shape index (κ2) is 10.3. The summed E-state index contributed by atoms with van der Waals surface area (Å²) in [7, 11) is -3.64. The predicted octanol–water partition coefficient (Wildman–Crippen LogP) is 3.09. The molecule has 1 fully saturated rings. The van der Waals surface area contributed by atoms with Gasteiger partial charge in [0.05, 0.1) is 4.90 Å². The molecular weight excluding hydrogens is 460 g/mol. The number of fused-ring (bicyclic) bond motifs is 1. The minimum atomic E-state index is -3.64. The maximum absolute atomic E-state index is 13.0. The maximum atomic E-state index is 13.0. The summed E-state index contributed by atoms with van der Waals surface area (Å²) in [4.78, 5) is 24.4. The fraction of sp³-hybridized carbons (Fsp3) is 0.333. The largest absolute Gasteiger partial charge is 0.454 e. The van der Waals surface area contributed by atoms with E-state index in [9.17, 15) is 18.0 Å². The average molecular weight is 487 g/mol. The Hall–Kier alpha value is -3.37. The molecule has 10 heteroatoms. The van der Waals surface area contributed by atoms with Gasteiger partial charge in [0.25, 0.3) is 5.91 Å². The molecule has 2 aliphatic heterocycles. The summed E-state index contributed by atoms with van der Waals surface area (Å²) in [6, 6.07) is 9.93. The first-order valence-electron chi connectivity index (χ1n) is 11.0. The van der Waals surface area contributed by atoms with Crippen molar-refractivity contribution >= 4 is 33.7 Å². The van der Waals surface area contributed by atoms with Crippen LogP contribution in [-0.2, 0) is 24.3 Å². The summed E-state index contributed by atoms with van der Waals surface area (Å²) in [5, 5.41) is 2.59. The molecule has 180 valence electrons. The van der Waals surface area contributed by atoms with E-state index in [0.717, 1.165) is 19.3 Å². The number of ether oxygens (including phenoxy) is 3. The van der Waals surface area contributed by atoms with Crippen molar-refractivity contribution in [2.45, 2.75) is 31.1 Å². The molecule has 9 nitrogen and oxygen atoms in total. The van der Waals surface area contributed by atoms with E-state index < -0.39 is 28.5 Å². The zero-order chi connectivity index (χ0) is 24.1. The normalized spacial score (nSPS) is 15.9. The third-order valence-electron chi connectivity index (χ3n) is 5.56. The summed E-state index contributed by atoms with van der Waals surface area (Å²) >= 11 is 0. The van der Waals surface area contributed by atoms with Gasteiger partial charge in [-0.1, -0.05) is 18.6 Å². The predicted molar refractivity (Wildman–Crippen MR) is 125 cm³/mol. The molecule has 0 radical (unpaired) electrons. The van der Waals surface area contributed by atoms with Gasteiger partial charge in [-0.15, -0.1) is 0 Å². The highest BCUT2D eigenvalue weighted by atomic mass is 32.2. The van der Waals surface area contributed by atoms with Crippen molar-refractivity contribution in [1.82, 2.24) is 4.31 Å². The van der Waals surface area contributed by atoms with Gasteiger partial charge < -0.3 is 19.5 Å². The fourth-order valence-electron chi connectivity index (χ4n) is 3.76. The first-order chi connectivity index (χ1) is 16.3. The van der Waals surface area contributed by atoms with Crippen molar-refractivity contribution < 1.29 is 32.2 Å². The van der Waals surface area contributed by atoms with Crippen molar-refractivity contribution in [3.8, 4) is 11.5 Å². The molecule has 1 saturated heterocycles. The molecule has 0 aromatic heterocycles.